The highest BCUT2D eigenvalue weighted by Crippen LogP contribution is 1.96. The van der Waals surface area contributed by atoms with E-state index in [1.807, 2.05) is 0 Å². The standard InChI is InChI=1S/C5H6O2.C3H8O/c6-4-5-2-1-3-7-5;1-3(2)4/h1-3,6H,4H2;3-4H,1-2H3. The predicted octanol–water partition coefficient (Wildman–Crippen LogP) is 1.16. The Morgan fingerprint density at radius 2 is 2.09 bits per heavy atom. The number of aliphatic hydroxyl groups excluding tert-OH is 2. The van der Waals surface area contributed by atoms with Gasteiger partial charge in [0.2, 0.25) is 0 Å². The summed E-state index contributed by atoms with van der Waals surface area (Å²) in [5.41, 5.74) is 0. The zero-order chi connectivity index (χ0) is 8.69. The lowest BCUT2D eigenvalue weighted by Gasteiger charge is -1.80. The van der Waals surface area contributed by atoms with Gasteiger partial charge in [-0.3, -0.25) is 0 Å². The Labute approximate surface area is 66.3 Å². The van der Waals surface area contributed by atoms with Gasteiger partial charge < -0.3 is 14.6 Å². The van der Waals surface area contributed by atoms with Gasteiger partial charge in [0.15, 0.2) is 0 Å². The monoisotopic (exact) mass is 158 g/mol. The van der Waals surface area contributed by atoms with Crippen molar-refractivity contribution >= 4 is 0 Å². The average molecular weight is 158 g/mol. The molecule has 3 heteroatoms. The van der Waals surface area contributed by atoms with E-state index in [2.05, 4.69) is 0 Å². The quantitative estimate of drug-likeness (QED) is 0.644. The van der Waals surface area contributed by atoms with Crippen LogP contribution in [0.4, 0.5) is 0 Å². The van der Waals surface area contributed by atoms with E-state index in [1.165, 1.54) is 6.26 Å². The average Bonchev–Trinajstić information content (AvgIpc) is 2.36. The van der Waals surface area contributed by atoms with Crippen LogP contribution >= 0.6 is 0 Å². The zero-order valence-electron chi connectivity index (χ0n) is 6.82. The summed E-state index contributed by atoms with van der Waals surface area (Å²) in [7, 11) is 0. The SMILES string of the molecule is CC(C)O.OCc1ccco1. The molecule has 1 rings (SSSR count). The minimum Gasteiger partial charge on any atom is -0.467 e. The highest BCUT2D eigenvalue weighted by atomic mass is 16.4. The summed E-state index contributed by atoms with van der Waals surface area (Å²) in [6, 6.07) is 3.46. The first-order chi connectivity index (χ1) is 5.16. The molecule has 0 bridgehead atoms. The highest BCUT2D eigenvalue weighted by molar-refractivity contribution is 4.95. The van der Waals surface area contributed by atoms with E-state index < -0.39 is 0 Å². The van der Waals surface area contributed by atoms with Gasteiger partial charge in [-0.25, -0.2) is 0 Å². The molecule has 0 aromatic carbocycles. The van der Waals surface area contributed by atoms with Crippen LogP contribution in [0, 0.1) is 0 Å². The van der Waals surface area contributed by atoms with Crippen LogP contribution in [0.3, 0.4) is 0 Å². The summed E-state index contributed by atoms with van der Waals surface area (Å²) in [4.78, 5) is 0. The Balaban J connectivity index is 0.000000218. The maximum atomic E-state index is 8.33. The van der Waals surface area contributed by atoms with Crippen LogP contribution < -0.4 is 0 Å². The Hall–Kier alpha value is -0.800. The number of furan rings is 1. The molecule has 0 amide bonds. The Morgan fingerprint density at radius 1 is 1.55 bits per heavy atom. The first kappa shape index (κ1) is 10.2. The van der Waals surface area contributed by atoms with E-state index in [0.29, 0.717) is 5.76 Å². The fourth-order valence-corrected chi connectivity index (χ4v) is 0.403. The van der Waals surface area contributed by atoms with Gasteiger partial charge in [-0.15, -0.1) is 0 Å². The summed E-state index contributed by atoms with van der Waals surface area (Å²) < 4.78 is 4.73. The van der Waals surface area contributed by atoms with E-state index in [9.17, 15) is 0 Å². The summed E-state index contributed by atoms with van der Waals surface area (Å²) in [5, 5.41) is 16.4. The van der Waals surface area contributed by atoms with Crippen LogP contribution in [0.15, 0.2) is 22.8 Å². The van der Waals surface area contributed by atoms with Crippen LogP contribution in [0.5, 0.6) is 0 Å². The Morgan fingerprint density at radius 3 is 2.27 bits per heavy atom. The second kappa shape index (κ2) is 5.95. The van der Waals surface area contributed by atoms with Crippen LogP contribution in [0.2, 0.25) is 0 Å². The number of rotatable bonds is 1. The fourth-order valence-electron chi connectivity index (χ4n) is 0.403. The Bertz CT molecular complexity index is 153. The molecule has 0 saturated heterocycles. The van der Waals surface area contributed by atoms with Crippen LogP contribution in [0.25, 0.3) is 0 Å². The molecule has 0 atom stereocenters. The molecule has 0 spiro atoms. The Kier molecular flexibility index (Phi) is 5.51. The van der Waals surface area contributed by atoms with E-state index >= 15 is 0 Å². The zero-order valence-corrected chi connectivity index (χ0v) is 6.82. The van der Waals surface area contributed by atoms with Crippen LogP contribution in [-0.2, 0) is 6.61 Å². The highest BCUT2D eigenvalue weighted by Gasteiger charge is 1.85. The second-order valence-electron chi connectivity index (χ2n) is 2.33. The first-order valence-corrected chi connectivity index (χ1v) is 3.48. The van der Waals surface area contributed by atoms with Gasteiger partial charge >= 0.3 is 0 Å². The summed E-state index contributed by atoms with van der Waals surface area (Å²) >= 11 is 0. The normalized spacial score (nSPS) is 9.18. The van der Waals surface area contributed by atoms with E-state index in [4.69, 9.17) is 14.6 Å². The molecule has 3 nitrogen and oxygen atoms in total. The van der Waals surface area contributed by atoms with E-state index in [0.717, 1.165) is 0 Å². The first-order valence-electron chi connectivity index (χ1n) is 3.48. The minimum atomic E-state index is -0.167. The van der Waals surface area contributed by atoms with Crippen molar-refractivity contribution in [1.82, 2.24) is 0 Å². The van der Waals surface area contributed by atoms with Crippen molar-refractivity contribution in [3.05, 3.63) is 24.2 Å². The minimum absolute atomic E-state index is 0.00694. The van der Waals surface area contributed by atoms with Crippen molar-refractivity contribution in [3.63, 3.8) is 0 Å². The molecular formula is C8H14O3. The lowest BCUT2D eigenvalue weighted by molar-refractivity contribution is 0.216. The topological polar surface area (TPSA) is 53.6 Å². The van der Waals surface area contributed by atoms with Gasteiger partial charge in [0.25, 0.3) is 0 Å². The number of hydrogen-bond acceptors (Lipinski definition) is 3. The van der Waals surface area contributed by atoms with Crippen molar-refractivity contribution in [1.29, 1.82) is 0 Å². The fraction of sp³-hybridized carbons (Fsp3) is 0.500. The van der Waals surface area contributed by atoms with Crippen molar-refractivity contribution in [2.45, 2.75) is 26.6 Å². The molecule has 0 aliphatic rings. The molecule has 11 heavy (non-hydrogen) atoms. The lowest BCUT2D eigenvalue weighted by Crippen LogP contribution is -1.85. The van der Waals surface area contributed by atoms with E-state index in [-0.39, 0.29) is 12.7 Å². The van der Waals surface area contributed by atoms with Gasteiger partial charge in [0.05, 0.1) is 6.26 Å². The predicted molar refractivity (Wildman–Crippen MR) is 42.0 cm³/mol. The summed E-state index contributed by atoms with van der Waals surface area (Å²) in [5.74, 6) is 0.611. The third-order valence-corrected chi connectivity index (χ3v) is 0.736. The smallest absolute Gasteiger partial charge is 0.129 e. The largest absolute Gasteiger partial charge is 0.467 e. The van der Waals surface area contributed by atoms with Crippen LogP contribution in [0.1, 0.15) is 19.6 Å². The summed E-state index contributed by atoms with van der Waals surface area (Å²) in [6.07, 6.45) is 1.37. The molecule has 0 aliphatic carbocycles. The molecule has 1 aromatic heterocycles. The van der Waals surface area contributed by atoms with Gasteiger partial charge in [-0.05, 0) is 26.0 Å². The molecule has 1 heterocycles. The molecule has 2 N–H and O–H groups in total. The second-order valence-corrected chi connectivity index (χ2v) is 2.33. The molecule has 0 aliphatic heterocycles. The van der Waals surface area contributed by atoms with Crippen molar-refractivity contribution in [2.75, 3.05) is 0 Å². The van der Waals surface area contributed by atoms with Crippen LogP contribution in [-0.4, -0.2) is 16.3 Å². The lowest BCUT2D eigenvalue weighted by atomic mass is 10.5. The summed E-state index contributed by atoms with van der Waals surface area (Å²) in [6.45, 7) is 3.44. The molecule has 0 radical (unpaired) electrons. The molecular weight excluding hydrogens is 144 g/mol. The van der Waals surface area contributed by atoms with Crippen molar-refractivity contribution in [3.8, 4) is 0 Å². The molecule has 1 aromatic rings. The third kappa shape index (κ3) is 7.09. The van der Waals surface area contributed by atoms with Gasteiger partial charge in [0, 0.05) is 6.10 Å². The van der Waals surface area contributed by atoms with Gasteiger partial charge in [-0.2, -0.15) is 0 Å². The van der Waals surface area contributed by atoms with Crippen molar-refractivity contribution in [2.24, 2.45) is 0 Å². The van der Waals surface area contributed by atoms with Crippen molar-refractivity contribution < 1.29 is 14.6 Å². The molecule has 0 fully saturated rings. The number of aliphatic hydroxyl groups is 2. The van der Waals surface area contributed by atoms with Gasteiger partial charge in [-0.1, -0.05) is 0 Å². The molecule has 0 unspecified atom stereocenters. The maximum absolute atomic E-state index is 8.33. The number of hydrogen-bond donors (Lipinski definition) is 2. The van der Waals surface area contributed by atoms with Gasteiger partial charge in [0.1, 0.15) is 12.4 Å². The van der Waals surface area contributed by atoms with E-state index in [1.54, 1.807) is 26.0 Å². The maximum Gasteiger partial charge on any atom is 0.129 e. The molecule has 64 valence electrons. The molecule has 0 saturated carbocycles. The third-order valence-electron chi connectivity index (χ3n) is 0.736.